The number of nitrogens with one attached hydrogen (secondary N) is 1. The molecule has 0 aromatic heterocycles. The number of imide groups is 1. The van der Waals surface area contributed by atoms with Crippen LogP contribution in [0.1, 0.15) is 20.7 Å². The Labute approximate surface area is 153 Å². The zero-order valence-corrected chi connectivity index (χ0v) is 14.2. The van der Waals surface area contributed by atoms with Crippen molar-refractivity contribution in [1.82, 2.24) is 4.90 Å². The number of carbonyl (C=O) groups is 4. The lowest BCUT2D eigenvalue weighted by atomic mass is 10.1. The molecule has 3 amide bonds. The summed E-state index contributed by atoms with van der Waals surface area (Å²) in [5, 5.41) is 2.96. The molecule has 0 radical (unpaired) electrons. The predicted molar refractivity (Wildman–Crippen MR) is 92.8 cm³/mol. The van der Waals surface area contributed by atoms with Crippen LogP contribution in [0.25, 0.3) is 0 Å². The van der Waals surface area contributed by atoms with Gasteiger partial charge in [0.05, 0.1) is 11.1 Å². The fourth-order valence-electron chi connectivity index (χ4n) is 2.47. The van der Waals surface area contributed by atoms with Gasteiger partial charge in [-0.3, -0.25) is 24.1 Å². The monoisotopic (exact) mass is 372 g/mol. The number of anilines is 1. The van der Waals surface area contributed by atoms with E-state index in [1.54, 1.807) is 36.4 Å². The van der Waals surface area contributed by atoms with Gasteiger partial charge in [0, 0.05) is 10.7 Å². The van der Waals surface area contributed by atoms with E-state index in [4.69, 9.17) is 16.3 Å². The van der Waals surface area contributed by atoms with Crippen LogP contribution in [-0.2, 0) is 14.3 Å². The van der Waals surface area contributed by atoms with E-state index in [1.165, 1.54) is 12.1 Å². The van der Waals surface area contributed by atoms with Gasteiger partial charge in [0.15, 0.2) is 6.61 Å². The summed E-state index contributed by atoms with van der Waals surface area (Å²) < 4.78 is 4.83. The molecule has 0 aliphatic carbocycles. The molecule has 0 bridgehead atoms. The van der Waals surface area contributed by atoms with E-state index in [-0.39, 0.29) is 11.1 Å². The van der Waals surface area contributed by atoms with Crippen LogP contribution >= 0.6 is 11.6 Å². The first-order chi connectivity index (χ1) is 12.5. The van der Waals surface area contributed by atoms with Gasteiger partial charge in [0.2, 0.25) is 0 Å². The Hall–Kier alpha value is -3.19. The first-order valence-electron chi connectivity index (χ1n) is 7.62. The first-order valence-corrected chi connectivity index (χ1v) is 8.00. The molecule has 132 valence electrons. The summed E-state index contributed by atoms with van der Waals surface area (Å²) >= 11 is 5.81. The number of hydrogen-bond acceptors (Lipinski definition) is 5. The van der Waals surface area contributed by atoms with Crippen molar-refractivity contribution in [1.29, 1.82) is 0 Å². The number of benzene rings is 2. The number of ether oxygens (including phenoxy) is 1. The summed E-state index contributed by atoms with van der Waals surface area (Å²) in [5.74, 6) is -2.56. The lowest BCUT2D eigenvalue weighted by Gasteiger charge is -2.13. The Bertz CT molecular complexity index is 877. The highest BCUT2D eigenvalue weighted by atomic mass is 35.5. The smallest absolute Gasteiger partial charge is 0.326 e. The largest absolute Gasteiger partial charge is 0.454 e. The van der Waals surface area contributed by atoms with Crippen molar-refractivity contribution in [3.8, 4) is 0 Å². The number of esters is 1. The van der Waals surface area contributed by atoms with Gasteiger partial charge in [-0.05, 0) is 30.3 Å². The van der Waals surface area contributed by atoms with Gasteiger partial charge in [0.1, 0.15) is 6.54 Å². The van der Waals surface area contributed by atoms with Crippen LogP contribution in [0.15, 0.2) is 48.5 Å². The van der Waals surface area contributed by atoms with Gasteiger partial charge in [-0.1, -0.05) is 29.8 Å². The SMILES string of the molecule is O=C(COC(=O)CN1C(=O)c2ccccc2C1=O)Nc1cccc(Cl)c1. The lowest BCUT2D eigenvalue weighted by Crippen LogP contribution is -2.36. The third kappa shape index (κ3) is 3.73. The summed E-state index contributed by atoms with van der Waals surface area (Å²) in [6.45, 7) is -1.11. The minimum absolute atomic E-state index is 0.240. The van der Waals surface area contributed by atoms with E-state index in [1.807, 2.05) is 0 Å². The molecule has 3 rings (SSSR count). The van der Waals surface area contributed by atoms with Gasteiger partial charge >= 0.3 is 5.97 Å². The molecule has 8 heteroatoms. The minimum atomic E-state index is -0.860. The second-order valence-electron chi connectivity index (χ2n) is 5.46. The fourth-order valence-corrected chi connectivity index (χ4v) is 2.66. The van der Waals surface area contributed by atoms with Crippen molar-refractivity contribution >= 4 is 41.0 Å². The molecule has 2 aromatic rings. The highest BCUT2D eigenvalue weighted by Gasteiger charge is 2.36. The van der Waals surface area contributed by atoms with Crippen molar-refractivity contribution < 1.29 is 23.9 Å². The van der Waals surface area contributed by atoms with Crippen LogP contribution < -0.4 is 5.32 Å². The molecule has 7 nitrogen and oxygen atoms in total. The van der Waals surface area contributed by atoms with Crippen LogP contribution in [-0.4, -0.2) is 41.7 Å². The van der Waals surface area contributed by atoms with Crippen LogP contribution in [0.2, 0.25) is 5.02 Å². The molecule has 0 saturated carbocycles. The highest BCUT2D eigenvalue weighted by molar-refractivity contribution is 6.30. The molecular formula is C18H13ClN2O5. The maximum Gasteiger partial charge on any atom is 0.326 e. The summed E-state index contributed by atoms with van der Waals surface area (Å²) in [7, 11) is 0. The molecular weight excluding hydrogens is 360 g/mol. The van der Waals surface area contributed by atoms with E-state index in [2.05, 4.69) is 5.32 Å². The molecule has 0 saturated heterocycles. The molecule has 1 N–H and O–H groups in total. The van der Waals surface area contributed by atoms with Crippen molar-refractivity contribution in [2.75, 3.05) is 18.5 Å². The number of amides is 3. The van der Waals surface area contributed by atoms with Crippen LogP contribution in [0.5, 0.6) is 0 Å². The standard InChI is InChI=1S/C18H13ClN2O5/c19-11-4-3-5-12(8-11)20-15(22)10-26-16(23)9-21-17(24)13-6-1-2-7-14(13)18(21)25/h1-8H,9-10H2,(H,20,22). The first kappa shape index (κ1) is 17.6. The maximum atomic E-state index is 12.2. The number of carbonyl (C=O) groups excluding carboxylic acids is 4. The van der Waals surface area contributed by atoms with Crippen LogP contribution in [0.4, 0.5) is 5.69 Å². The average molecular weight is 373 g/mol. The number of halogens is 1. The number of fused-ring (bicyclic) bond motifs is 1. The Morgan fingerprint density at radius 3 is 2.27 bits per heavy atom. The normalized spacial score (nSPS) is 12.7. The number of nitrogens with zero attached hydrogens (tertiary/aromatic N) is 1. The molecule has 2 aromatic carbocycles. The van der Waals surface area contributed by atoms with Crippen molar-refractivity contribution in [2.45, 2.75) is 0 Å². The van der Waals surface area contributed by atoms with E-state index in [9.17, 15) is 19.2 Å². The molecule has 0 unspecified atom stereocenters. The number of hydrogen-bond donors (Lipinski definition) is 1. The van der Waals surface area contributed by atoms with Crippen molar-refractivity contribution in [3.05, 3.63) is 64.7 Å². The van der Waals surface area contributed by atoms with Gasteiger partial charge < -0.3 is 10.1 Å². The summed E-state index contributed by atoms with van der Waals surface area (Å²) in [5.41, 5.74) is 0.937. The lowest BCUT2D eigenvalue weighted by molar-refractivity contribution is -0.147. The molecule has 26 heavy (non-hydrogen) atoms. The van der Waals surface area contributed by atoms with Gasteiger partial charge in [-0.15, -0.1) is 0 Å². The van der Waals surface area contributed by atoms with Crippen LogP contribution in [0, 0.1) is 0 Å². The van der Waals surface area contributed by atoms with Crippen molar-refractivity contribution in [3.63, 3.8) is 0 Å². The summed E-state index contributed by atoms with van der Waals surface area (Å²) in [6, 6.07) is 12.8. The maximum absolute atomic E-state index is 12.2. The Kier molecular flexibility index (Phi) is 4.99. The quantitative estimate of drug-likeness (QED) is 0.641. The van der Waals surface area contributed by atoms with Gasteiger partial charge in [0.25, 0.3) is 17.7 Å². The molecule has 1 aliphatic heterocycles. The minimum Gasteiger partial charge on any atom is -0.454 e. The van der Waals surface area contributed by atoms with E-state index >= 15 is 0 Å². The summed E-state index contributed by atoms with van der Waals surface area (Å²) in [6.07, 6.45) is 0. The summed E-state index contributed by atoms with van der Waals surface area (Å²) in [4.78, 5) is 48.8. The van der Waals surface area contributed by atoms with Gasteiger partial charge in [-0.2, -0.15) is 0 Å². The zero-order chi connectivity index (χ0) is 18.7. The zero-order valence-electron chi connectivity index (χ0n) is 13.4. The Morgan fingerprint density at radius 2 is 1.65 bits per heavy atom. The Balaban J connectivity index is 1.53. The topological polar surface area (TPSA) is 92.8 Å². The molecule has 0 spiro atoms. The molecule has 0 fully saturated rings. The van der Waals surface area contributed by atoms with Gasteiger partial charge in [-0.25, -0.2) is 0 Å². The Morgan fingerprint density at radius 1 is 1.00 bits per heavy atom. The van der Waals surface area contributed by atoms with E-state index in [0.29, 0.717) is 10.7 Å². The molecule has 1 aliphatic rings. The second-order valence-corrected chi connectivity index (χ2v) is 5.90. The van der Waals surface area contributed by atoms with Crippen LogP contribution in [0.3, 0.4) is 0 Å². The average Bonchev–Trinajstić information content (AvgIpc) is 2.85. The van der Waals surface area contributed by atoms with E-state index in [0.717, 1.165) is 4.90 Å². The second kappa shape index (κ2) is 7.37. The molecule has 0 atom stereocenters. The molecule has 1 heterocycles. The highest BCUT2D eigenvalue weighted by Crippen LogP contribution is 2.22. The fraction of sp³-hybridized carbons (Fsp3) is 0.111. The van der Waals surface area contributed by atoms with Crippen molar-refractivity contribution in [2.24, 2.45) is 0 Å². The predicted octanol–water partition coefficient (Wildman–Crippen LogP) is 2.12. The third-order valence-corrected chi connectivity index (χ3v) is 3.87. The number of rotatable bonds is 5. The van der Waals surface area contributed by atoms with E-state index < -0.39 is 36.8 Å². The third-order valence-electron chi connectivity index (χ3n) is 3.64.